The Bertz CT molecular complexity index is 388. The molecule has 9 heteroatoms. The van der Waals surface area contributed by atoms with Gasteiger partial charge in [0.1, 0.15) is 25.5 Å². The molecule has 1 unspecified atom stereocenters. The topological polar surface area (TPSA) is 93.2 Å². The predicted octanol–water partition coefficient (Wildman–Crippen LogP) is 0.442. The van der Waals surface area contributed by atoms with Crippen molar-refractivity contribution in [1.82, 2.24) is 14.9 Å². The number of aryl methyl sites for hydroxylation is 1. The van der Waals surface area contributed by atoms with Crippen LogP contribution in [0.25, 0.3) is 0 Å². The maximum absolute atomic E-state index is 11.8. The summed E-state index contributed by atoms with van der Waals surface area (Å²) in [6, 6.07) is 0. The number of hydrogen-bond acceptors (Lipinski definition) is 5. The summed E-state index contributed by atoms with van der Waals surface area (Å²) in [5.74, 6) is 0.299. The number of alkyl halides is 1. The van der Waals surface area contributed by atoms with Crippen molar-refractivity contribution in [3.8, 4) is 0 Å². The fourth-order valence-electron chi connectivity index (χ4n) is 1.44. The largest absolute Gasteiger partial charge is 0.388 e. The monoisotopic (exact) mass is 282 g/mol. The Kier molecular flexibility index (Phi) is 7.41. The Morgan fingerprint density at radius 2 is 2.39 bits per heavy atom. The second-order valence-corrected chi connectivity index (χ2v) is 3.58. The van der Waals surface area contributed by atoms with Gasteiger partial charge >= 0.3 is 5.82 Å². The molecule has 1 rings (SSSR count). The number of halogens is 2. The Balaban J connectivity index is 0.00000289. The molecule has 1 aromatic rings. The van der Waals surface area contributed by atoms with E-state index in [1.807, 2.05) is 0 Å². The molecule has 0 bridgehead atoms. The van der Waals surface area contributed by atoms with Crippen molar-refractivity contribution in [2.24, 2.45) is 0 Å². The Labute approximate surface area is 110 Å². The minimum absolute atomic E-state index is 0. The Morgan fingerprint density at radius 3 is 2.94 bits per heavy atom. The number of hydrogen-bond donors (Lipinski definition) is 2. The van der Waals surface area contributed by atoms with Crippen LogP contribution in [0.3, 0.4) is 0 Å². The van der Waals surface area contributed by atoms with E-state index in [2.05, 4.69) is 10.3 Å². The molecule has 0 spiro atoms. The molecule has 1 heterocycles. The van der Waals surface area contributed by atoms with Crippen molar-refractivity contribution in [2.75, 3.05) is 19.8 Å². The second-order valence-electron chi connectivity index (χ2n) is 3.58. The number of nitrogens with zero attached hydrogens (tertiary/aromatic N) is 3. The molecular weight excluding hydrogens is 267 g/mol. The SMILES string of the molecule is Cc1ncc([N+](=O)[O-])n1CC(O)CNCCF.Cl. The third kappa shape index (κ3) is 4.55. The molecule has 0 aromatic carbocycles. The van der Waals surface area contributed by atoms with Crippen molar-refractivity contribution in [3.63, 3.8) is 0 Å². The Morgan fingerprint density at radius 1 is 1.72 bits per heavy atom. The summed E-state index contributed by atoms with van der Waals surface area (Å²) in [5.41, 5.74) is 0. The molecule has 0 fully saturated rings. The van der Waals surface area contributed by atoms with Crippen LogP contribution in [0.2, 0.25) is 0 Å². The van der Waals surface area contributed by atoms with E-state index >= 15 is 0 Å². The van der Waals surface area contributed by atoms with Crippen molar-refractivity contribution in [3.05, 3.63) is 22.1 Å². The molecular formula is C9H16ClFN4O3. The lowest BCUT2D eigenvalue weighted by molar-refractivity contribution is -0.392. The van der Waals surface area contributed by atoms with Crippen LogP contribution in [0.1, 0.15) is 5.82 Å². The second kappa shape index (κ2) is 7.96. The van der Waals surface area contributed by atoms with Crippen LogP contribution in [0.5, 0.6) is 0 Å². The minimum Gasteiger partial charge on any atom is -0.388 e. The molecule has 0 aliphatic heterocycles. The summed E-state index contributed by atoms with van der Waals surface area (Å²) in [6.45, 7) is 1.49. The number of nitro groups is 1. The lowest BCUT2D eigenvalue weighted by Gasteiger charge is -2.10. The Hall–Kier alpha value is -1.25. The van der Waals surface area contributed by atoms with Crippen molar-refractivity contribution in [2.45, 2.75) is 19.6 Å². The number of rotatable bonds is 7. The zero-order valence-electron chi connectivity index (χ0n) is 9.87. The van der Waals surface area contributed by atoms with Crippen molar-refractivity contribution < 1.29 is 14.4 Å². The molecule has 1 atom stereocenters. The summed E-state index contributed by atoms with van der Waals surface area (Å²) in [7, 11) is 0. The predicted molar refractivity (Wildman–Crippen MR) is 65.7 cm³/mol. The van der Waals surface area contributed by atoms with Gasteiger partial charge in [0, 0.05) is 20.0 Å². The van der Waals surface area contributed by atoms with E-state index in [9.17, 15) is 19.6 Å². The molecule has 7 nitrogen and oxygen atoms in total. The van der Waals surface area contributed by atoms with Gasteiger partial charge in [0.25, 0.3) is 0 Å². The van der Waals surface area contributed by atoms with Crippen LogP contribution in [0, 0.1) is 17.0 Å². The first-order valence-electron chi connectivity index (χ1n) is 5.17. The van der Waals surface area contributed by atoms with Gasteiger partial charge in [0.2, 0.25) is 0 Å². The van der Waals surface area contributed by atoms with Crippen molar-refractivity contribution >= 4 is 18.2 Å². The molecule has 1 aromatic heterocycles. The smallest absolute Gasteiger partial charge is 0.342 e. The van der Waals surface area contributed by atoms with Gasteiger partial charge in [0.15, 0.2) is 5.82 Å². The number of aromatic nitrogens is 2. The summed E-state index contributed by atoms with van der Waals surface area (Å²) in [4.78, 5) is 13.9. The summed E-state index contributed by atoms with van der Waals surface area (Å²) in [6.07, 6.45) is 0.324. The van der Waals surface area contributed by atoms with Gasteiger partial charge in [0.05, 0.1) is 0 Å². The molecule has 2 N–H and O–H groups in total. The van der Waals surface area contributed by atoms with Gasteiger partial charge < -0.3 is 20.5 Å². The maximum atomic E-state index is 11.8. The lowest BCUT2D eigenvalue weighted by atomic mass is 10.3. The van der Waals surface area contributed by atoms with Gasteiger partial charge in [-0.25, -0.2) is 13.9 Å². The average molecular weight is 283 g/mol. The van der Waals surface area contributed by atoms with Crippen LogP contribution in [0.15, 0.2) is 6.20 Å². The van der Waals surface area contributed by atoms with Crippen LogP contribution in [-0.4, -0.2) is 45.4 Å². The first kappa shape index (κ1) is 16.8. The van der Waals surface area contributed by atoms with E-state index in [1.165, 1.54) is 4.57 Å². The van der Waals surface area contributed by atoms with Gasteiger partial charge in [-0.2, -0.15) is 0 Å². The van der Waals surface area contributed by atoms with E-state index in [1.54, 1.807) is 6.92 Å². The van der Waals surface area contributed by atoms with Crippen LogP contribution in [-0.2, 0) is 6.54 Å². The van der Waals surface area contributed by atoms with Gasteiger partial charge in [-0.1, -0.05) is 0 Å². The molecule has 0 saturated carbocycles. The zero-order valence-corrected chi connectivity index (χ0v) is 10.7. The van der Waals surface area contributed by atoms with E-state index < -0.39 is 17.7 Å². The zero-order chi connectivity index (χ0) is 12.8. The van der Waals surface area contributed by atoms with E-state index in [0.29, 0.717) is 5.82 Å². The normalized spacial score (nSPS) is 11.9. The molecule has 18 heavy (non-hydrogen) atoms. The van der Waals surface area contributed by atoms with Gasteiger partial charge in [-0.3, -0.25) is 0 Å². The van der Waals surface area contributed by atoms with Crippen LogP contribution >= 0.6 is 12.4 Å². The average Bonchev–Trinajstić information content (AvgIpc) is 2.61. The number of aliphatic hydroxyl groups excluding tert-OH is 1. The van der Waals surface area contributed by atoms with E-state index in [4.69, 9.17) is 0 Å². The van der Waals surface area contributed by atoms with Gasteiger partial charge in [-0.05, 0) is 4.92 Å². The fraction of sp³-hybridized carbons (Fsp3) is 0.667. The first-order chi connectivity index (χ1) is 8.06. The quantitative estimate of drug-likeness (QED) is 0.430. The summed E-state index contributed by atoms with van der Waals surface area (Å²) >= 11 is 0. The van der Waals surface area contributed by atoms with Crippen molar-refractivity contribution in [1.29, 1.82) is 0 Å². The molecule has 0 amide bonds. The molecule has 0 aliphatic rings. The summed E-state index contributed by atoms with van der Waals surface area (Å²) < 4.78 is 13.1. The molecule has 0 radical (unpaired) electrons. The number of aliphatic hydroxyl groups is 1. The number of nitrogens with one attached hydrogen (secondary N) is 1. The third-order valence-corrected chi connectivity index (χ3v) is 2.27. The standard InChI is InChI=1S/C9H15FN4O3.ClH/c1-7-12-5-9(14(16)17)13(7)6-8(15)4-11-3-2-10;/h5,8,11,15H,2-4,6H2,1H3;1H. The number of imidazole rings is 1. The highest BCUT2D eigenvalue weighted by Crippen LogP contribution is 2.13. The minimum atomic E-state index is -0.826. The molecule has 104 valence electrons. The maximum Gasteiger partial charge on any atom is 0.342 e. The van der Waals surface area contributed by atoms with E-state index in [-0.39, 0.29) is 37.9 Å². The summed E-state index contributed by atoms with van der Waals surface area (Å²) in [5, 5.41) is 23.0. The molecule has 0 saturated heterocycles. The highest BCUT2D eigenvalue weighted by Gasteiger charge is 2.20. The molecule has 0 aliphatic carbocycles. The van der Waals surface area contributed by atoms with Crippen LogP contribution in [0.4, 0.5) is 10.2 Å². The van der Waals surface area contributed by atoms with E-state index in [0.717, 1.165) is 6.20 Å². The van der Waals surface area contributed by atoms with Gasteiger partial charge in [-0.15, -0.1) is 12.4 Å². The third-order valence-electron chi connectivity index (χ3n) is 2.27. The highest BCUT2D eigenvalue weighted by molar-refractivity contribution is 5.85. The highest BCUT2D eigenvalue weighted by atomic mass is 35.5. The fourth-order valence-corrected chi connectivity index (χ4v) is 1.44. The first-order valence-corrected chi connectivity index (χ1v) is 5.17. The van der Waals surface area contributed by atoms with Crippen LogP contribution < -0.4 is 5.32 Å². The lowest BCUT2D eigenvalue weighted by Crippen LogP contribution is -2.32.